The molecule has 0 saturated heterocycles. The van der Waals surface area contributed by atoms with Gasteiger partial charge in [0.1, 0.15) is 15.8 Å². The van der Waals surface area contributed by atoms with E-state index >= 15 is 0 Å². The number of halogens is 1. The third-order valence-electron chi connectivity index (χ3n) is 4.24. The third kappa shape index (κ3) is 4.90. The molecular formula is C21H15FN4O4S2. The number of nitrogens with one attached hydrogen (secondary N) is 3. The molecule has 0 saturated carbocycles. The zero-order valence-corrected chi connectivity index (χ0v) is 17.8. The SMILES string of the molecule is O=C(Nc1ccc(NC(=O)c2cccc(F)c2)cn1)NS(=O)(=O)c1cc2ccccc2s1. The van der Waals surface area contributed by atoms with Crippen LogP contribution >= 0.6 is 11.3 Å². The fourth-order valence-corrected chi connectivity index (χ4v) is 5.08. The number of hydrogen-bond donors (Lipinski definition) is 3. The molecule has 2 heterocycles. The van der Waals surface area contributed by atoms with E-state index in [2.05, 4.69) is 15.6 Å². The maximum absolute atomic E-state index is 13.2. The summed E-state index contributed by atoms with van der Waals surface area (Å²) in [6.07, 6.45) is 1.27. The number of thiophene rings is 1. The van der Waals surface area contributed by atoms with E-state index in [0.717, 1.165) is 27.5 Å². The van der Waals surface area contributed by atoms with Crippen LogP contribution in [0.4, 0.5) is 20.7 Å². The van der Waals surface area contributed by atoms with E-state index in [0.29, 0.717) is 5.69 Å². The number of carbonyl (C=O) groups excluding carboxylic acids is 2. The number of aromatic nitrogens is 1. The lowest BCUT2D eigenvalue weighted by molar-refractivity contribution is 0.102. The van der Waals surface area contributed by atoms with Crippen LogP contribution in [0.1, 0.15) is 10.4 Å². The van der Waals surface area contributed by atoms with Gasteiger partial charge in [0.05, 0.1) is 11.9 Å². The van der Waals surface area contributed by atoms with Crippen LogP contribution in [0.2, 0.25) is 0 Å². The Balaban J connectivity index is 1.38. The van der Waals surface area contributed by atoms with E-state index < -0.39 is 27.8 Å². The summed E-state index contributed by atoms with van der Waals surface area (Å²) < 4.78 is 40.9. The van der Waals surface area contributed by atoms with E-state index in [-0.39, 0.29) is 15.6 Å². The van der Waals surface area contributed by atoms with Gasteiger partial charge >= 0.3 is 6.03 Å². The second kappa shape index (κ2) is 8.73. The van der Waals surface area contributed by atoms with Crippen LogP contribution in [0.3, 0.4) is 0 Å². The van der Waals surface area contributed by atoms with Crippen LogP contribution in [-0.2, 0) is 10.0 Å². The summed E-state index contributed by atoms with van der Waals surface area (Å²) >= 11 is 1.05. The maximum atomic E-state index is 13.2. The van der Waals surface area contributed by atoms with Crippen molar-refractivity contribution in [1.29, 1.82) is 0 Å². The summed E-state index contributed by atoms with van der Waals surface area (Å²) in [5, 5.41) is 5.63. The van der Waals surface area contributed by atoms with Gasteiger partial charge < -0.3 is 5.32 Å². The number of sulfonamides is 1. The van der Waals surface area contributed by atoms with Crippen molar-refractivity contribution in [1.82, 2.24) is 9.71 Å². The van der Waals surface area contributed by atoms with E-state index in [1.54, 1.807) is 24.3 Å². The van der Waals surface area contributed by atoms with Gasteiger partial charge in [0.2, 0.25) is 0 Å². The average molecular weight is 471 g/mol. The first-order chi connectivity index (χ1) is 15.3. The monoisotopic (exact) mass is 470 g/mol. The van der Waals surface area contributed by atoms with Crippen molar-refractivity contribution in [2.24, 2.45) is 0 Å². The second-order valence-corrected chi connectivity index (χ2v) is 9.55. The molecule has 0 radical (unpaired) electrons. The Labute approximate surface area is 186 Å². The Morgan fingerprint density at radius 1 is 0.938 bits per heavy atom. The largest absolute Gasteiger partial charge is 0.334 e. The highest BCUT2D eigenvalue weighted by molar-refractivity contribution is 7.92. The molecular weight excluding hydrogens is 455 g/mol. The zero-order valence-electron chi connectivity index (χ0n) is 16.2. The van der Waals surface area contributed by atoms with Crippen molar-refractivity contribution in [3.8, 4) is 0 Å². The van der Waals surface area contributed by atoms with Crippen LogP contribution in [0.5, 0.6) is 0 Å². The van der Waals surface area contributed by atoms with Crippen LogP contribution < -0.4 is 15.4 Å². The van der Waals surface area contributed by atoms with Gasteiger partial charge in [-0.2, -0.15) is 0 Å². The van der Waals surface area contributed by atoms with E-state index in [4.69, 9.17) is 0 Å². The number of rotatable bonds is 5. The highest BCUT2D eigenvalue weighted by atomic mass is 32.2. The molecule has 4 rings (SSSR count). The number of benzene rings is 2. The highest BCUT2D eigenvalue weighted by Crippen LogP contribution is 2.28. The summed E-state index contributed by atoms with van der Waals surface area (Å²) in [6.45, 7) is 0. The molecule has 0 bridgehead atoms. The van der Waals surface area contributed by atoms with Gasteiger partial charge in [-0.15, -0.1) is 11.3 Å². The molecule has 0 aliphatic rings. The minimum absolute atomic E-state index is 0.0113. The molecule has 0 unspecified atom stereocenters. The highest BCUT2D eigenvalue weighted by Gasteiger charge is 2.20. The Hall–Kier alpha value is -3.83. The minimum Gasteiger partial charge on any atom is -0.321 e. The lowest BCUT2D eigenvalue weighted by Gasteiger charge is -2.08. The number of carbonyl (C=O) groups is 2. The molecule has 11 heteroatoms. The van der Waals surface area contributed by atoms with E-state index in [1.807, 2.05) is 4.72 Å². The number of nitrogens with zero attached hydrogens (tertiary/aromatic N) is 1. The molecule has 2 aromatic carbocycles. The topological polar surface area (TPSA) is 117 Å². The van der Waals surface area contributed by atoms with Crippen LogP contribution in [0.15, 0.2) is 77.1 Å². The molecule has 0 fully saturated rings. The van der Waals surface area contributed by atoms with Crippen molar-refractivity contribution < 1.29 is 22.4 Å². The van der Waals surface area contributed by atoms with Gasteiger partial charge in [0.25, 0.3) is 15.9 Å². The zero-order chi connectivity index (χ0) is 22.7. The third-order valence-corrected chi connectivity index (χ3v) is 7.17. The molecule has 0 aliphatic carbocycles. The molecule has 3 amide bonds. The average Bonchev–Trinajstić information content (AvgIpc) is 3.20. The first-order valence-corrected chi connectivity index (χ1v) is 11.5. The van der Waals surface area contributed by atoms with Gasteiger partial charge in [0, 0.05) is 10.3 Å². The summed E-state index contributed by atoms with van der Waals surface area (Å²) in [5.41, 5.74) is 0.446. The number of fused-ring (bicyclic) bond motifs is 1. The van der Waals surface area contributed by atoms with Crippen LogP contribution in [0.25, 0.3) is 10.1 Å². The minimum atomic E-state index is -4.06. The fraction of sp³-hybridized carbons (Fsp3) is 0. The molecule has 32 heavy (non-hydrogen) atoms. The molecule has 8 nitrogen and oxygen atoms in total. The Bertz CT molecular complexity index is 1390. The Morgan fingerprint density at radius 3 is 2.47 bits per heavy atom. The molecule has 4 aromatic rings. The summed E-state index contributed by atoms with van der Waals surface area (Å²) in [5.74, 6) is -0.996. The number of pyridine rings is 1. The van der Waals surface area contributed by atoms with Crippen molar-refractivity contribution >= 4 is 54.9 Å². The number of anilines is 2. The fourth-order valence-electron chi connectivity index (χ4n) is 2.78. The Kier molecular flexibility index (Phi) is 5.84. The van der Waals surface area contributed by atoms with Gasteiger partial charge in [-0.1, -0.05) is 24.3 Å². The van der Waals surface area contributed by atoms with Crippen molar-refractivity contribution in [2.45, 2.75) is 4.21 Å². The quantitative estimate of drug-likeness (QED) is 0.404. The lowest BCUT2D eigenvalue weighted by atomic mass is 10.2. The van der Waals surface area contributed by atoms with Crippen LogP contribution in [0, 0.1) is 5.82 Å². The molecule has 0 aliphatic heterocycles. The smallest absolute Gasteiger partial charge is 0.321 e. The first kappa shape index (κ1) is 21.4. The molecule has 162 valence electrons. The Morgan fingerprint density at radius 2 is 1.75 bits per heavy atom. The molecule has 0 atom stereocenters. The predicted molar refractivity (Wildman–Crippen MR) is 120 cm³/mol. The number of hydrogen-bond acceptors (Lipinski definition) is 6. The molecule has 2 aromatic heterocycles. The van der Waals surface area contributed by atoms with Gasteiger partial charge in [-0.05, 0) is 47.9 Å². The number of urea groups is 1. The van der Waals surface area contributed by atoms with E-state index in [1.165, 1.54) is 42.6 Å². The molecule has 0 spiro atoms. The van der Waals surface area contributed by atoms with E-state index in [9.17, 15) is 22.4 Å². The second-order valence-electron chi connectivity index (χ2n) is 6.56. The van der Waals surface area contributed by atoms with Gasteiger partial charge in [0.15, 0.2) is 0 Å². The van der Waals surface area contributed by atoms with Gasteiger partial charge in [-0.3, -0.25) is 10.1 Å². The van der Waals surface area contributed by atoms with Crippen molar-refractivity contribution in [3.05, 3.63) is 84.3 Å². The standard InChI is InChI=1S/C21H15FN4O4S2/c22-15-6-3-5-14(10-15)20(27)24-16-8-9-18(23-12-16)25-21(28)26-32(29,30)19-11-13-4-1-2-7-17(13)31-19/h1-12H,(H,24,27)(H2,23,25,26,28). The van der Waals surface area contributed by atoms with Crippen molar-refractivity contribution in [2.75, 3.05) is 10.6 Å². The van der Waals surface area contributed by atoms with Gasteiger partial charge in [-0.25, -0.2) is 27.3 Å². The molecule has 3 N–H and O–H groups in total. The summed E-state index contributed by atoms with van der Waals surface area (Å²) in [7, 11) is -4.06. The summed E-state index contributed by atoms with van der Waals surface area (Å²) in [4.78, 5) is 28.3. The first-order valence-electron chi connectivity index (χ1n) is 9.15. The lowest BCUT2D eigenvalue weighted by Crippen LogP contribution is -2.34. The normalized spacial score (nSPS) is 11.2. The summed E-state index contributed by atoms with van der Waals surface area (Å²) in [6, 6.07) is 15.7. The predicted octanol–water partition coefficient (Wildman–Crippen LogP) is 4.20. The number of amides is 3. The van der Waals surface area contributed by atoms with Crippen molar-refractivity contribution in [3.63, 3.8) is 0 Å². The maximum Gasteiger partial charge on any atom is 0.334 e. The van der Waals surface area contributed by atoms with Crippen LogP contribution in [-0.4, -0.2) is 25.3 Å².